The summed E-state index contributed by atoms with van der Waals surface area (Å²) in [6.45, 7) is 1.16. The van der Waals surface area contributed by atoms with E-state index in [-0.39, 0.29) is 0 Å². The summed E-state index contributed by atoms with van der Waals surface area (Å²) >= 11 is 3.52. The molecule has 120 valence electrons. The molecule has 1 aliphatic carbocycles. The van der Waals surface area contributed by atoms with Gasteiger partial charge in [0.05, 0.1) is 11.1 Å². The molecule has 1 aliphatic heterocycles. The van der Waals surface area contributed by atoms with Gasteiger partial charge in [-0.3, -0.25) is 13.8 Å². The first-order valence-electron chi connectivity index (χ1n) is 7.23. The highest BCUT2D eigenvalue weighted by Gasteiger charge is 2.51. The summed E-state index contributed by atoms with van der Waals surface area (Å²) < 4.78 is 12.9. The van der Waals surface area contributed by atoms with Crippen LogP contribution in [-0.4, -0.2) is 45.5 Å². The first-order chi connectivity index (χ1) is 10.4. The molecule has 1 heterocycles. The Hall–Kier alpha value is -1.21. The number of rotatable bonds is 4. The molecule has 5 nitrogen and oxygen atoms in total. The van der Waals surface area contributed by atoms with Crippen molar-refractivity contribution in [3.8, 4) is 0 Å². The van der Waals surface area contributed by atoms with E-state index >= 15 is 0 Å². The maximum atomic E-state index is 12.1. The molecule has 1 saturated heterocycles. The third-order valence-corrected chi connectivity index (χ3v) is 7.62. The molecule has 22 heavy (non-hydrogen) atoms. The number of halogens is 1. The average Bonchev–Trinajstić information content (AvgIpc) is 3.30. The van der Waals surface area contributed by atoms with E-state index < -0.39 is 21.3 Å². The number of benzene rings is 1. The molecule has 1 saturated carbocycles. The molecule has 2 aliphatic rings. The van der Waals surface area contributed by atoms with Gasteiger partial charge in [-0.15, -0.1) is 0 Å². The molecule has 2 fully saturated rings. The number of hydrogen-bond acceptors (Lipinski definition) is 4. The van der Waals surface area contributed by atoms with E-state index in [1.54, 1.807) is 0 Å². The van der Waals surface area contributed by atoms with Gasteiger partial charge >= 0.3 is 5.97 Å². The molecule has 1 aromatic rings. The predicted octanol–water partition coefficient (Wildman–Crippen LogP) is 1.59. The maximum absolute atomic E-state index is 12.1. The lowest BCUT2D eigenvalue weighted by Gasteiger charge is -2.34. The van der Waals surface area contributed by atoms with Crippen LogP contribution >= 0.6 is 15.9 Å². The normalized spacial score (nSPS) is 23.6. The Morgan fingerprint density at radius 3 is 2.41 bits per heavy atom. The Bertz CT molecular complexity index is 674. The molecule has 0 spiro atoms. The van der Waals surface area contributed by atoms with E-state index in [0.717, 1.165) is 15.7 Å². The minimum atomic E-state index is -2.62. The topological polar surface area (TPSA) is 74.7 Å². The van der Waals surface area contributed by atoms with Crippen molar-refractivity contribution in [2.45, 2.75) is 18.3 Å². The molecule has 1 aromatic carbocycles. The van der Waals surface area contributed by atoms with Crippen molar-refractivity contribution in [1.29, 1.82) is 0 Å². The molecule has 0 radical (unpaired) electrons. The Kier molecular flexibility index (Phi) is 3.89. The number of carbonyl (C=O) groups is 2. The number of thiol groups is 1. The fourth-order valence-electron chi connectivity index (χ4n) is 2.96. The Balaban J connectivity index is 1.81. The Morgan fingerprint density at radius 1 is 1.32 bits per heavy atom. The number of hydrogen-bond donors (Lipinski definition) is 2. The van der Waals surface area contributed by atoms with Gasteiger partial charge in [-0.1, -0.05) is 6.07 Å². The highest BCUT2D eigenvalue weighted by Crippen LogP contribution is 2.49. The van der Waals surface area contributed by atoms with Crippen molar-refractivity contribution in [3.05, 3.63) is 28.2 Å². The third kappa shape index (κ3) is 2.60. The number of anilines is 1. The monoisotopic (exact) mass is 387 g/mol. The van der Waals surface area contributed by atoms with Crippen LogP contribution < -0.4 is 4.90 Å². The predicted molar refractivity (Wildman–Crippen MR) is 90.9 cm³/mol. The maximum Gasteiger partial charge on any atom is 0.314 e. The van der Waals surface area contributed by atoms with E-state index in [2.05, 4.69) is 20.8 Å². The molecular weight excluding hydrogens is 370 g/mol. The SMILES string of the molecule is O=C[SH]1(=O)CCN(c2ccc(C3(C(=O)O)CC3)cc2Br)CC1. The Labute approximate surface area is 138 Å². The first kappa shape index (κ1) is 15.7. The van der Waals surface area contributed by atoms with Crippen LogP contribution in [0.2, 0.25) is 0 Å². The van der Waals surface area contributed by atoms with Crippen LogP contribution in [0, 0.1) is 0 Å². The lowest BCUT2D eigenvalue weighted by Crippen LogP contribution is -2.44. The molecular formula is C15H18BrNO4S. The number of carboxylic acids is 1. The van der Waals surface area contributed by atoms with Gasteiger partial charge in [0.1, 0.15) is 0 Å². The molecule has 3 rings (SSSR count). The summed E-state index contributed by atoms with van der Waals surface area (Å²) in [4.78, 5) is 24.4. The van der Waals surface area contributed by atoms with Crippen LogP contribution in [0.4, 0.5) is 5.69 Å². The molecule has 1 N–H and O–H groups in total. The molecule has 0 bridgehead atoms. The van der Waals surface area contributed by atoms with E-state index in [9.17, 15) is 18.9 Å². The standard InChI is InChI=1S/C15H18BrNO4S/c16-12-9-11(15(3-4-15)14(19)20)1-2-13(12)17-5-7-22(21,10-18)8-6-17/h1-2,9-10,22H,3-8H2,(H,19,20). The van der Waals surface area contributed by atoms with E-state index in [4.69, 9.17) is 0 Å². The van der Waals surface area contributed by atoms with Crippen LogP contribution in [0.3, 0.4) is 0 Å². The van der Waals surface area contributed by atoms with Crippen LogP contribution in [-0.2, 0) is 24.9 Å². The van der Waals surface area contributed by atoms with Gasteiger partial charge < -0.3 is 10.0 Å². The van der Waals surface area contributed by atoms with Crippen molar-refractivity contribution in [2.24, 2.45) is 0 Å². The minimum absolute atomic E-state index is 0.407. The first-order valence-corrected chi connectivity index (χ1v) is 10.2. The summed E-state index contributed by atoms with van der Waals surface area (Å²) in [7, 11) is -2.62. The van der Waals surface area contributed by atoms with E-state index in [1.165, 1.54) is 0 Å². The molecule has 0 aromatic heterocycles. The summed E-state index contributed by atoms with van der Waals surface area (Å²) in [6.07, 6.45) is 1.36. The van der Waals surface area contributed by atoms with Gasteiger partial charge in [-0.2, -0.15) is 0 Å². The lowest BCUT2D eigenvalue weighted by atomic mass is 9.96. The van der Waals surface area contributed by atoms with Crippen LogP contribution in [0.15, 0.2) is 22.7 Å². The number of aliphatic carboxylic acids is 1. The largest absolute Gasteiger partial charge is 0.481 e. The lowest BCUT2D eigenvalue weighted by molar-refractivity contribution is -0.140. The van der Waals surface area contributed by atoms with Crippen LogP contribution in [0.1, 0.15) is 18.4 Å². The fourth-order valence-corrected chi connectivity index (χ4v) is 5.19. The fraction of sp³-hybridized carbons (Fsp3) is 0.467. The molecule has 0 unspecified atom stereocenters. The van der Waals surface area contributed by atoms with Crippen molar-refractivity contribution >= 4 is 43.1 Å². The zero-order valence-corrected chi connectivity index (χ0v) is 14.5. The van der Waals surface area contributed by atoms with Crippen molar-refractivity contribution in [2.75, 3.05) is 29.5 Å². The van der Waals surface area contributed by atoms with Gasteiger partial charge in [0.2, 0.25) is 0 Å². The highest BCUT2D eigenvalue weighted by molar-refractivity contribution is 9.10. The smallest absolute Gasteiger partial charge is 0.314 e. The third-order valence-electron chi connectivity index (χ3n) is 4.69. The minimum Gasteiger partial charge on any atom is -0.481 e. The van der Waals surface area contributed by atoms with Gasteiger partial charge in [-0.05, 0) is 56.4 Å². The van der Waals surface area contributed by atoms with Crippen LogP contribution in [0.5, 0.6) is 0 Å². The zero-order chi connectivity index (χ0) is 16.0. The van der Waals surface area contributed by atoms with Crippen molar-refractivity contribution < 1.29 is 18.9 Å². The second-order valence-corrected chi connectivity index (χ2v) is 9.91. The number of carbonyl (C=O) groups excluding carboxylic acids is 1. The van der Waals surface area contributed by atoms with Gasteiger partial charge in [0.25, 0.3) is 0 Å². The summed E-state index contributed by atoms with van der Waals surface area (Å²) in [6, 6.07) is 5.67. The van der Waals surface area contributed by atoms with Gasteiger partial charge in [0.15, 0.2) is 5.62 Å². The van der Waals surface area contributed by atoms with Crippen molar-refractivity contribution in [1.82, 2.24) is 0 Å². The zero-order valence-electron chi connectivity index (χ0n) is 12.0. The second kappa shape index (κ2) is 5.45. The number of nitrogens with zero attached hydrogens (tertiary/aromatic N) is 1. The second-order valence-electron chi connectivity index (χ2n) is 6.05. The number of carboxylic acid groups (broad SMARTS) is 1. The average molecular weight is 388 g/mol. The van der Waals surface area contributed by atoms with Gasteiger partial charge in [-0.25, -0.2) is 0 Å². The summed E-state index contributed by atoms with van der Waals surface area (Å²) in [5.41, 5.74) is 1.70. The Morgan fingerprint density at radius 2 is 1.95 bits per heavy atom. The summed E-state index contributed by atoms with van der Waals surface area (Å²) in [5, 5.41) is 9.36. The molecule has 7 heteroatoms. The van der Waals surface area contributed by atoms with E-state index in [0.29, 0.717) is 43.1 Å². The van der Waals surface area contributed by atoms with Crippen molar-refractivity contribution in [3.63, 3.8) is 0 Å². The molecule has 0 atom stereocenters. The van der Waals surface area contributed by atoms with Gasteiger partial charge in [0, 0.05) is 29.1 Å². The quantitative estimate of drug-likeness (QED) is 0.606. The van der Waals surface area contributed by atoms with E-state index in [1.807, 2.05) is 18.2 Å². The van der Waals surface area contributed by atoms with Crippen LogP contribution in [0.25, 0.3) is 0 Å². The highest BCUT2D eigenvalue weighted by atomic mass is 79.9. The molecule has 0 amide bonds. The summed E-state index contributed by atoms with van der Waals surface area (Å²) in [5.74, 6) is 0.0464.